The van der Waals surface area contributed by atoms with Crippen molar-refractivity contribution in [3.63, 3.8) is 0 Å². The SMILES string of the molecule is Cc1cc(C(F)(F)F)nn1CC(=O)Nc1cnc(-n2cnc(Br)c2)c(F)c1. The quantitative estimate of drug-likeness (QED) is 0.623. The van der Waals surface area contributed by atoms with Crippen molar-refractivity contribution in [1.82, 2.24) is 24.3 Å². The Morgan fingerprint density at radius 2 is 2.04 bits per heavy atom. The summed E-state index contributed by atoms with van der Waals surface area (Å²) in [7, 11) is 0. The number of carbonyl (C=O) groups excluding carboxylic acids is 1. The van der Waals surface area contributed by atoms with E-state index < -0.39 is 30.1 Å². The summed E-state index contributed by atoms with van der Waals surface area (Å²) in [6.45, 7) is 0.939. The lowest BCUT2D eigenvalue weighted by Gasteiger charge is -2.08. The van der Waals surface area contributed by atoms with E-state index in [1.165, 1.54) is 30.2 Å². The molecule has 0 spiro atoms. The number of amides is 1. The van der Waals surface area contributed by atoms with Crippen LogP contribution in [0.2, 0.25) is 0 Å². The lowest BCUT2D eigenvalue weighted by atomic mass is 10.3. The van der Waals surface area contributed by atoms with Gasteiger partial charge >= 0.3 is 6.18 Å². The number of hydrogen-bond donors (Lipinski definition) is 1. The summed E-state index contributed by atoms with van der Waals surface area (Å²) in [5.74, 6) is -1.41. The second-order valence-electron chi connectivity index (χ2n) is 5.51. The molecule has 3 aromatic rings. The van der Waals surface area contributed by atoms with Gasteiger partial charge in [-0.2, -0.15) is 18.3 Å². The first-order chi connectivity index (χ1) is 12.6. The third-order valence-electron chi connectivity index (χ3n) is 3.47. The maximum absolute atomic E-state index is 14.2. The van der Waals surface area contributed by atoms with Crippen LogP contribution in [0.1, 0.15) is 11.4 Å². The highest BCUT2D eigenvalue weighted by Crippen LogP contribution is 2.28. The Morgan fingerprint density at radius 3 is 2.59 bits per heavy atom. The Morgan fingerprint density at radius 1 is 1.30 bits per heavy atom. The highest BCUT2D eigenvalue weighted by Gasteiger charge is 2.34. The van der Waals surface area contributed by atoms with Gasteiger partial charge in [0.25, 0.3) is 0 Å². The molecule has 1 N–H and O–H groups in total. The van der Waals surface area contributed by atoms with Gasteiger partial charge in [-0.3, -0.25) is 14.0 Å². The van der Waals surface area contributed by atoms with Crippen molar-refractivity contribution in [2.75, 3.05) is 5.32 Å². The fourth-order valence-corrected chi connectivity index (χ4v) is 2.56. The molecule has 12 heteroatoms. The van der Waals surface area contributed by atoms with E-state index in [0.29, 0.717) is 4.60 Å². The number of hydrogen-bond acceptors (Lipinski definition) is 4. The van der Waals surface area contributed by atoms with E-state index in [0.717, 1.165) is 16.8 Å². The van der Waals surface area contributed by atoms with Gasteiger partial charge in [0.05, 0.1) is 11.9 Å². The topological polar surface area (TPSA) is 77.6 Å². The first-order valence-electron chi connectivity index (χ1n) is 7.40. The highest BCUT2D eigenvalue weighted by molar-refractivity contribution is 9.10. The highest BCUT2D eigenvalue weighted by atomic mass is 79.9. The van der Waals surface area contributed by atoms with Crippen molar-refractivity contribution in [3.8, 4) is 5.82 Å². The molecule has 0 fully saturated rings. The summed E-state index contributed by atoms with van der Waals surface area (Å²) in [4.78, 5) is 19.8. The average Bonchev–Trinajstić information content (AvgIpc) is 3.14. The molecule has 0 unspecified atom stereocenters. The van der Waals surface area contributed by atoms with Crippen molar-refractivity contribution < 1.29 is 22.4 Å². The zero-order valence-corrected chi connectivity index (χ0v) is 15.2. The largest absolute Gasteiger partial charge is 0.435 e. The molecular formula is C15H11BrF4N6O. The normalized spacial score (nSPS) is 11.6. The molecule has 7 nitrogen and oxygen atoms in total. The van der Waals surface area contributed by atoms with Gasteiger partial charge in [0.2, 0.25) is 5.91 Å². The van der Waals surface area contributed by atoms with Crippen LogP contribution in [0.5, 0.6) is 0 Å². The van der Waals surface area contributed by atoms with Crippen LogP contribution in [0.3, 0.4) is 0 Å². The van der Waals surface area contributed by atoms with Gasteiger partial charge in [-0.15, -0.1) is 0 Å². The molecular weight excluding hydrogens is 436 g/mol. The van der Waals surface area contributed by atoms with Crippen LogP contribution in [0.25, 0.3) is 5.82 Å². The predicted molar refractivity (Wildman–Crippen MR) is 89.6 cm³/mol. The molecule has 142 valence electrons. The third-order valence-corrected chi connectivity index (χ3v) is 3.88. The average molecular weight is 447 g/mol. The number of halogens is 5. The van der Waals surface area contributed by atoms with E-state index in [-0.39, 0.29) is 17.2 Å². The molecule has 3 rings (SSSR count). The standard InChI is InChI=1S/C15H11BrF4N6O/c1-8-2-11(15(18,19)20)24-26(8)6-13(27)23-9-3-10(17)14(21-4-9)25-5-12(16)22-7-25/h2-5,7H,6H2,1H3,(H,23,27). The maximum Gasteiger partial charge on any atom is 0.435 e. The summed E-state index contributed by atoms with van der Waals surface area (Å²) in [5.41, 5.74) is -0.861. The van der Waals surface area contributed by atoms with Crippen LogP contribution in [-0.2, 0) is 17.5 Å². The van der Waals surface area contributed by atoms with Crippen molar-refractivity contribution in [2.24, 2.45) is 0 Å². The van der Waals surface area contributed by atoms with Crippen LogP contribution in [0, 0.1) is 12.7 Å². The van der Waals surface area contributed by atoms with Gasteiger partial charge in [-0.1, -0.05) is 0 Å². The van der Waals surface area contributed by atoms with E-state index in [9.17, 15) is 22.4 Å². The van der Waals surface area contributed by atoms with Crippen molar-refractivity contribution in [2.45, 2.75) is 19.6 Å². The van der Waals surface area contributed by atoms with Gasteiger partial charge in [-0.05, 0) is 28.9 Å². The van der Waals surface area contributed by atoms with Gasteiger partial charge in [0.1, 0.15) is 17.5 Å². The molecule has 0 bridgehead atoms. The van der Waals surface area contributed by atoms with Gasteiger partial charge in [0, 0.05) is 18.0 Å². The molecule has 3 aromatic heterocycles. The molecule has 0 aliphatic carbocycles. The zero-order valence-electron chi connectivity index (χ0n) is 13.6. The number of imidazole rings is 1. The molecule has 0 atom stereocenters. The Hall–Kier alpha value is -2.76. The fourth-order valence-electron chi connectivity index (χ4n) is 2.25. The molecule has 0 saturated heterocycles. The van der Waals surface area contributed by atoms with Crippen molar-refractivity contribution >= 4 is 27.5 Å². The van der Waals surface area contributed by atoms with Crippen LogP contribution in [0.15, 0.2) is 35.5 Å². The second kappa shape index (κ2) is 7.10. The van der Waals surface area contributed by atoms with Crippen LogP contribution >= 0.6 is 15.9 Å². The molecule has 1 amide bonds. The molecule has 0 saturated carbocycles. The summed E-state index contributed by atoms with van der Waals surface area (Å²) in [6.07, 6.45) is -0.520. The minimum Gasteiger partial charge on any atom is -0.323 e. The number of rotatable bonds is 4. The first kappa shape index (κ1) is 19.0. The number of anilines is 1. The van der Waals surface area contributed by atoms with Crippen molar-refractivity contribution in [1.29, 1.82) is 0 Å². The second-order valence-corrected chi connectivity index (χ2v) is 6.32. The summed E-state index contributed by atoms with van der Waals surface area (Å²) >= 11 is 3.13. The molecule has 0 aliphatic heterocycles. The molecule has 27 heavy (non-hydrogen) atoms. The summed E-state index contributed by atoms with van der Waals surface area (Å²) < 4.78 is 54.9. The number of pyridine rings is 1. The Kier molecular flexibility index (Phi) is 5.00. The number of carbonyl (C=O) groups is 1. The van der Waals surface area contributed by atoms with Crippen LogP contribution in [0.4, 0.5) is 23.2 Å². The van der Waals surface area contributed by atoms with Crippen LogP contribution in [-0.4, -0.2) is 30.2 Å². The monoisotopic (exact) mass is 446 g/mol. The first-order valence-corrected chi connectivity index (χ1v) is 8.19. The molecule has 0 aromatic carbocycles. The van der Waals surface area contributed by atoms with Gasteiger partial charge in [-0.25, -0.2) is 14.4 Å². The summed E-state index contributed by atoms with van der Waals surface area (Å²) in [5, 5.41) is 5.74. The summed E-state index contributed by atoms with van der Waals surface area (Å²) in [6, 6.07) is 1.89. The number of alkyl halides is 3. The minimum atomic E-state index is -4.60. The smallest absolute Gasteiger partial charge is 0.323 e. The maximum atomic E-state index is 14.2. The number of nitrogens with one attached hydrogen (secondary N) is 1. The molecule has 3 heterocycles. The van der Waals surface area contributed by atoms with Crippen LogP contribution < -0.4 is 5.32 Å². The zero-order chi connectivity index (χ0) is 19.8. The molecule has 0 aliphatic rings. The fraction of sp³-hybridized carbons (Fsp3) is 0.200. The van der Waals surface area contributed by atoms with E-state index in [1.54, 1.807) is 0 Å². The predicted octanol–water partition coefficient (Wildman–Crippen LogP) is 3.33. The van der Waals surface area contributed by atoms with E-state index in [2.05, 4.69) is 36.3 Å². The number of aromatic nitrogens is 5. The Balaban J connectivity index is 1.71. The lowest BCUT2D eigenvalue weighted by Crippen LogP contribution is -2.21. The van der Waals surface area contributed by atoms with E-state index >= 15 is 0 Å². The van der Waals surface area contributed by atoms with Gasteiger partial charge in [0.15, 0.2) is 17.3 Å². The van der Waals surface area contributed by atoms with Crippen molar-refractivity contribution in [3.05, 3.63) is 52.7 Å². The lowest BCUT2D eigenvalue weighted by molar-refractivity contribution is -0.141. The van der Waals surface area contributed by atoms with E-state index in [1.807, 2.05) is 0 Å². The third kappa shape index (κ3) is 4.32. The minimum absolute atomic E-state index is 0.0241. The Bertz CT molecular complexity index is 997. The number of nitrogens with zero attached hydrogens (tertiary/aromatic N) is 5. The number of aryl methyl sites for hydroxylation is 1. The Labute approximate surface area is 158 Å². The van der Waals surface area contributed by atoms with E-state index in [4.69, 9.17) is 0 Å². The molecule has 0 radical (unpaired) electrons. The van der Waals surface area contributed by atoms with Gasteiger partial charge < -0.3 is 5.32 Å².